The molecule has 0 atom stereocenters. The molecule has 108 valence electrons. The van der Waals surface area contributed by atoms with Crippen LogP contribution in [0.2, 0.25) is 0 Å². The van der Waals surface area contributed by atoms with Gasteiger partial charge >= 0.3 is 0 Å². The van der Waals surface area contributed by atoms with Gasteiger partial charge in [-0.05, 0) is 38.8 Å². The minimum absolute atomic E-state index is 0.100. The summed E-state index contributed by atoms with van der Waals surface area (Å²) in [5.41, 5.74) is -0.262. The Labute approximate surface area is 115 Å². The molecule has 19 heavy (non-hydrogen) atoms. The third-order valence-corrected chi connectivity index (χ3v) is 4.34. The number of nitrogens with one attached hydrogen (secondary N) is 2. The van der Waals surface area contributed by atoms with Crippen molar-refractivity contribution in [2.45, 2.75) is 39.0 Å². The lowest BCUT2D eigenvalue weighted by molar-refractivity contribution is -0.132. The van der Waals surface area contributed by atoms with Crippen molar-refractivity contribution < 1.29 is 9.59 Å². The number of nitrogens with zero attached hydrogens (tertiary/aromatic N) is 1. The van der Waals surface area contributed by atoms with Gasteiger partial charge in [-0.15, -0.1) is 0 Å². The van der Waals surface area contributed by atoms with Crippen LogP contribution in [-0.4, -0.2) is 49.4 Å². The van der Waals surface area contributed by atoms with Gasteiger partial charge in [-0.25, -0.2) is 0 Å². The van der Waals surface area contributed by atoms with Gasteiger partial charge in [-0.3, -0.25) is 9.59 Å². The molecule has 2 rings (SSSR count). The van der Waals surface area contributed by atoms with Crippen LogP contribution in [0.15, 0.2) is 0 Å². The topological polar surface area (TPSA) is 61.4 Å². The highest BCUT2D eigenvalue weighted by Gasteiger charge is 2.34. The van der Waals surface area contributed by atoms with E-state index in [0.717, 1.165) is 51.9 Å². The van der Waals surface area contributed by atoms with Crippen molar-refractivity contribution in [2.24, 2.45) is 5.41 Å². The summed E-state index contributed by atoms with van der Waals surface area (Å²) in [6.07, 6.45) is 4.41. The fourth-order valence-corrected chi connectivity index (χ4v) is 2.83. The molecule has 0 aliphatic carbocycles. The van der Waals surface area contributed by atoms with Crippen molar-refractivity contribution in [3.05, 3.63) is 0 Å². The summed E-state index contributed by atoms with van der Waals surface area (Å²) >= 11 is 0. The van der Waals surface area contributed by atoms with Crippen LogP contribution >= 0.6 is 0 Å². The molecular formula is C14H25N3O2. The van der Waals surface area contributed by atoms with Crippen molar-refractivity contribution in [2.75, 3.05) is 32.7 Å². The van der Waals surface area contributed by atoms with E-state index in [4.69, 9.17) is 0 Å². The van der Waals surface area contributed by atoms with Crippen LogP contribution in [0.1, 0.15) is 39.0 Å². The minimum Gasteiger partial charge on any atom is -0.355 e. The van der Waals surface area contributed by atoms with Gasteiger partial charge in [-0.2, -0.15) is 0 Å². The van der Waals surface area contributed by atoms with Gasteiger partial charge in [0.2, 0.25) is 11.8 Å². The van der Waals surface area contributed by atoms with E-state index in [0.29, 0.717) is 13.0 Å². The molecule has 0 saturated carbocycles. The van der Waals surface area contributed by atoms with E-state index in [9.17, 15) is 9.59 Å². The molecule has 0 aromatic heterocycles. The van der Waals surface area contributed by atoms with Gasteiger partial charge in [0, 0.05) is 31.5 Å². The van der Waals surface area contributed by atoms with E-state index in [1.54, 1.807) is 0 Å². The Morgan fingerprint density at radius 3 is 2.47 bits per heavy atom. The Balaban J connectivity index is 1.69. The molecule has 2 fully saturated rings. The second-order valence-electron chi connectivity index (χ2n) is 5.90. The molecule has 2 heterocycles. The highest BCUT2D eigenvalue weighted by molar-refractivity contribution is 5.83. The zero-order valence-electron chi connectivity index (χ0n) is 11.8. The van der Waals surface area contributed by atoms with Crippen molar-refractivity contribution in [3.63, 3.8) is 0 Å². The van der Waals surface area contributed by atoms with Crippen molar-refractivity contribution >= 4 is 11.8 Å². The predicted molar refractivity (Wildman–Crippen MR) is 73.7 cm³/mol. The van der Waals surface area contributed by atoms with E-state index in [1.807, 2.05) is 11.8 Å². The molecule has 2 amide bonds. The van der Waals surface area contributed by atoms with E-state index < -0.39 is 0 Å². The summed E-state index contributed by atoms with van der Waals surface area (Å²) in [6, 6.07) is 0. The highest BCUT2D eigenvalue weighted by Crippen LogP contribution is 2.27. The van der Waals surface area contributed by atoms with Crippen LogP contribution in [-0.2, 0) is 9.59 Å². The van der Waals surface area contributed by atoms with Crippen LogP contribution in [0.3, 0.4) is 0 Å². The van der Waals surface area contributed by atoms with Crippen LogP contribution in [0.5, 0.6) is 0 Å². The quantitative estimate of drug-likeness (QED) is 0.780. The lowest BCUT2D eigenvalue weighted by Crippen LogP contribution is -2.46. The Kier molecular flexibility index (Phi) is 4.80. The van der Waals surface area contributed by atoms with E-state index in [2.05, 4.69) is 10.6 Å². The second-order valence-corrected chi connectivity index (χ2v) is 5.90. The molecule has 0 spiro atoms. The maximum Gasteiger partial charge on any atom is 0.226 e. The molecule has 2 saturated heterocycles. The minimum atomic E-state index is -0.262. The van der Waals surface area contributed by atoms with Gasteiger partial charge < -0.3 is 15.5 Å². The van der Waals surface area contributed by atoms with E-state index >= 15 is 0 Å². The molecule has 0 aromatic carbocycles. The number of piperidine rings is 1. The first kappa shape index (κ1) is 14.3. The number of amides is 2. The molecule has 0 bridgehead atoms. The number of carbonyl (C=O) groups is 2. The van der Waals surface area contributed by atoms with Crippen LogP contribution in [0.4, 0.5) is 0 Å². The molecule has 2 N–H and O–H groups in total. The average Bonchev–Trinajstić information content (AvgIpc) is 2.93. The Bertz CT molecular complexity index is 332. The van der Waals surface area contributed by atoms with Gasteiger partial charge in [0.1, 0.15) is 0 Å². The Morgan fingerprint density at radius 1 is 1.21 bits per heavy atom. The molecule has 0 unspecified atom stereocenters. The first-order valence-electron chi connectivity index (χ1n) is 7.39. The standard InChI is InChI=1S/C14H25N3O2/c1-14(5-8-15-9-6-14)13(19)16-7-4-12(18)17-10-2-3-11-17/h15H,2-11H2,1H3,(H,16,19). The Hall–Kier alpha value is -1.10. The largest absolute Gasteiger partial charge is 0.355 e. The van der Waals surface area contributed by atoms with Gasteiger partial charge in [0.25, 0.3) is 0 Å². The predicted octanol–water partition coefficient (Wildman–Crippen LogP) is 0.505. The summed E-state index contributed by atoms with van der Waals surface area (Å²) in [4.78, 5) is 25.9. The van der Waals surface area contributed by atoms with Gasteiger partial charge in [0.15, 0.2) is 0 Å². The Morgan fingerprint density at radius 2 is 1.84 bits per heavy atom. The van der Waals surface area contributed by atoms with Crippen LogP contribution in [0, 0.1) is 5.41 Å². The van der Waals surface area contributed by atoms with Crippen molar-refractivity contribution in [1.82, 2.24) is 15.5 Å². The number of carbonyl (C=O) groups excluding carboxylic acids is 2. The summed E-state index contributed by atoms with van der Waals surface area (Å²) in [5, 5.41) is 6.20. The summed E-state index contributed by atoms with van der Waals surface area (Å²) < 4.78 is 0. The zero-order valence-corrected chi connectivity index (χ0v) is 11.8. The fourth-order valence-electron chi connectivity index (χ4n) is 2.83. The number of rotatable bonds is 4. The van der Waals surface area contributed by atoms with Crippen molar-refractivity contribution in [1.29, 1.82) is 0 Å². The smallest absolute Gasteiger partial charge is 0.226 e. The lowest BCUT2D eigenvalue weighted by atomic mass is 9.80. The summed E-state index contributed by atoms with van der Waals surface area (Å²) in [5.74, 6) is 0.275. The maximum absolute atomic E-state index is 12.2. The first-order chi connectivity index (χ1) is 9.12. The second kappa shape index (κ2) is 6.37. The molecule has 2 aliphatic rings. The van der Waals surface area contributed by atoms with Gasteiger partial charge in [0.05, 0.1) is 0 Å². The van der Waals surface area contributed by atoms with Crippen LogP contribution in [0.25, 0.3) is 0 Å². The maximum atomic E-state index is 12.2. The number of likely N-dealkylation sites (tertiary alicyclic amines) is 1. The molecule has 2 aliphatic heterocycles. The molecule has 5 nitrogen and oxygen atoms in total. The number of hydrogen-bond acceptors (Lipinski definition) is 3. The third kappa shape index (κ3) is 3.69. The zero-order chi connectivity index (χ0) is 13.7. The molecule has 0 aromatic rings. The number of hydrogen-bond donors (Lipinski definition) is 2. The fraction of sp³-hybridized carbons (Fsp3) is 0.857. The summed E-state index contributed by atoms with van der Waals surface area (Å²) in [7, 11) is 0. The average molecular weight is 267 g/mol. The normalized spacial score (nSPS) is 22.3. The molecule has 0 radical (unpaired) electrons. The first-order valence-corrected chi connectivity index (χ1v) is 7.39. The van der Waals surface area contributed by atoms with E-state index in [-0.39, 0.29) is 17.2 Å². The third-order valence-electron chi connectivity index (χ3n) is 4.34. The lowest BCUT2D eigenvalue weighted by Gasteiger charge is -2.32. The molecule has 5 heteroatoms. The monoisotopic (exact) mass is 267 g/mol. The summed E-state index contributed by atoms with van der Waals surface area (Å²) in [6.45, 7) is 6.06. The highest BCUT2D eigenvalue weighted by atomic mass is 16.2. The SMILES string of the molecule is CC1(C(=O)NCCC(=O)N2CCCC2)CCNCC1. The van der Waals surface area contributed by atoms with E-state index in [1.165, 1.54) is 0 Å². The molecular weight excluding hydrogens is 242 g/mol. The van der Waals surface area contributed by atoms with Crippen molar-refractivity contribution in [3.8, 4) is 0 Å². The van der Waals surface area contributed by atoms with Crippen LogP contribution < -0.4 is 10.6 Å². The van der Waals surface area contributed by atoms with Gasteiger partial charge in [-0.1, -0.05) is 6.92 Å².